The van der Waals surface area contributed by atoms with Gasteiger partial charge in [0.1, 0.15) is 6.04 Å². The van der Waals surface area contributed by atoms with E-state index in [1.807, 2.05) is 0 Å². The first-order valence-corrected chi connectivity index (χ1v) is 13.8. The molecule has 2 heterocycles. The largest absolute Gasteiger partial charge is 0.491 e. The smallest absolute Gasteiger partial charge is 0.481 e. The number of rotatable bonds is 13. The van der Waals surface area contributed by atoms with E-state index in [1.165, 1.54) is 25.1 Å². The van der Waals surface area contributed by atoms with Crippen LogP contribution in [0, 0.1) is 0 Å². The Kier molecular flexibility index (Phi) is 10.4. The lowest BCUT2D eigenvalue weighted by molar-refractivity contribution is -0.137. The third-order valence-electron chi connectivity index (χ3n) is 7.34. The molecule has 42 heavy (non-hydrogen) atoms. The highest BCUT2D eigenvalue weighted by Crippen LogP contribution is 2.14. The van der Waals surface area contributed by atoms with Crippen molar-refractivity contribution in [3.8, 4) is 0 Å². The molecule has 2 aliphatic rings. The van der Waals surface area contributed by atoms with Crippen molar-refractivity contribution in [3.63, 3.8) is 0 Å². The lowest BCUT2D eigenvalue weighted by Gasteiger charge is -2.28. The number of carbonyl (C=O) groups is 4. The van der Waals surface area contributed by atoms with E-state index in [0.717, 1.165) is 11.1 Å². The Hall–Kier alpha value is -3.75. The molecule has 0 saturated heterocycles. The van der Waals surface area contributed by atoms with Gasteiger partial charge in [-0.15, -0.1) is 0 Å². The number of hydrogen-bond acceptors (Lipinski definition) is 9. The van der Waals surface area contributed by atoms with Crippen molar-refractivity contribution in [3.05, 3.63) is 58.7 Å². The molecule has 15 heteroatoms. The van der Waals surface area contributed by atoms with Gasteiger partial charge in [-0.25, -0.2) is 0 Å². The number of nitrogens with one attached hydrogen (secondary N) is 3. The van der Waals surface area contributed by atoms with Crippen molar-refractivity contribution >= 4 is 48.9 Å². The van der Waals surface area contributed by atoms with Gasteiger partial charge in [-0.3, -0.25) is 19.2 Å². The van der Waals surface area contributed by atoms with Gasteiger partial charge in [0.05, 0.1) is 25.7 Å². The Morgan fingerprint density at radius 1 is 0.881 bits per heavy atom. The molecule has 0 fully saturated rings. The summed E-state index contributed by atoms with van der Waals surface area (Å²) in [4.78, 5) is 51.4. The second kappa shape index (κ2) is 13.9. The van der Waals surface area contributed by atoms with Crippen molar-refractivity contribution in [2.24, 2.45) is 5.73 Å². The molecule has 0 aromatic heterocycles. The van der Waals surface area contributed by atoms with Crippen LogP contribution in [0.2, 0.25) is 0 Å². The second-order valence-corrected chi connectivity index (χ2v) is 10.5. The highest BCUT2D eigenvalue weighted by atomic mass is 16.5. The number of carbonyl (C=O) groups excluding carboxylic acids is 3. The fraction of sp³-hybridized carbons (Fsp3) is 0.407. The van der Waals surface area contributed by atoms with E-state index >= 15 is 0 Å². The van der Waals surface area contributed by atoms with Crippen LogP contribution >= 0.6 is 0 Å². The molecule has 3 atom stereocenters. The van der Waals surface area contributed by atoms with Crippen LogP contribution in [-0.4, -0.2) is 77.8 Å². The van der Waals surface area contributed by atoms with Gasteiger partial charge in [0.2, 0.25) is 5.91 Å². The topological polar surface area (TPSA) is 210 Å². The molecule has 0 aliphatic carbocycles. The van der Waals surface area contributed by atoms with Gasteiger partial charge < -0.3 is 46.1 Å². The highest BCUT2D eigenvalue weighted by Gasteiger charge is 2.33. The monoisotopic (exact) mass is 580 g/mol. The zero-order valence-electron chi connectivity index (χ0n) is 23.2. The third-order valence-corrected chi connectivity index (χ3v) is 7.34. The van der Waals surface area contributed by atoms with Crippen LogP contribution in [0.4, 0.5) is 0 Å². The van der Waals surface area contributed by atoms with Gasteiger partial charge in [-0.05, 0) is 72.6 Å². The number of carboxylic acid groups (broad SMARTS) is 1. The maximum Gasteiger partial charge on any atom is 0.491 e. The van der Waals surface area contributed by atoms with Gasteiger partial charge in [-0.1, -0.05) is 18.6 Å². The summed E-state index contributed by atoms with van der Waals surface area (Å²) in [6.07, 6.45) is 1.26. The predicted octanol–water partition coefficient (Wildman–Crippen LogP) is -1.87. The first-order chi connectivity index (χ1) is 20.1. The van der Waals surface area contributed by atoms with Crippen LogP contribution in [0.5, 0.6) is 0 Å². The number of aliphatic carboxylic acids is 1. The standard InChI is InChI=1S/C27H34B2N4O9/c1-15(31-25(36)16-5-7-18-13-41-28(39)21(18)10-16)24(27(38)32-20(12-23(34)35)4-2-3-9-30)33-26(37)17-6-8-19-14-42-29(40)22(19)11-17/h5-8,10-11,15,20,24,39-40H,2-4,9,12-14,30H2,1H3,(H,31,36)(H,32,38)(H,33,37)(H,34,35)/t15-,20-,24-/m0/s1. The molecular formula is C27H34B2N4O9. The summed E-state index contributed by atoms with van der Waals surface area (Å²) in [6.45, 7) is 2.38. The van der Waals surface area contributed by atoms with Crippen LogP contribution in [0.1, 0.15) is 64.4 Å². The molecule has 0 saturated carbocycles. The lowest BCUT2D eigenvalue weighted by atomic mass is 9.78. The maximum absolute atomic E-state index is 13.5. The minimum atomic E-state index is -1.30. The van der Waals surface area contributed by atoms with Gasteiger partial charge in [-0.2, -0.15) is 0 Å². The van der Waals surface area contributed by atoms with E-state index < -0.39 is 56.1 Å². The van der Waals surface area contributed by atoms with E-state index in [-0.39, 0.29) is 30.8 Å². The molecule has 13 nitrogen and oxygen atoms in total. The third kappa shape index (κ3) is 7.55. The van der Waals surface area contributed by atoms with Crippen LogP contribution in [0.15, 0.2) is 36.4 Å². The molecule has 0 bridgehead atoms. The molecule has 0 radical (unpaired) electrons. The van der Waals surface area contributed by atoms with E-state index in [9.17, 15) is 34.3 Å². The van der Waals surface area contributed by atoms with Crippen LogP contribution in [0.25, 0.3) is 0 Å². The maximum atomic E-state index is 13.5. The number of unbranched alkanes of at least 4 members (excludes halogenated alkanes) is 1. The number of carboxylic acids is 1. The van der Waals surface area contributed by atoms with Gasteiger partial charge in [0.25, 0.3) is 11.8 Å². The predicted molar refractivity (Wildman–Crippen MR) is 153 cm³/mol. The van der Waals surface area contributed by atoms with E-state index in [0.29, 0.717) is 36.7 Å². The van der Waals surface area contributed by atoms with E-state index in [2.05, 4.69) is 16.0 Å². The molecule has 2 aromatic carbocycles. The summed E-state index contributed by atoms with van der Waals surface area (Å²) >= 11 is 0. The molecule has 4 rings (SSSR count). The zero-order valence-corrected chi connectivity index (χ0v) is 23.2. The van der Waals surface area contributed by atoms with Crippen molar-refractivity contribution < 1.29 is 43.6 Å². The summed E-state index contributed by atoms with van der Waals surface area (Å²) in [6, 6.07) is 6.40. The molecule has 3 amide bonds. The van der Waals surface area contributed by atoms with Crippen LogP contribution < -0.4 is 32.6 Å². The van der Waals surface area contributed by atoms with Crippen LogP contribution in [0.3, 0.4) is 0 Å². The minimum absolute atomic E-state index is 0.160. The summed E-state index contributed by atoms with van der Waals surface area (Å²) in [7, 11) is -2.32. The normalized spacial score (nSPS) is 15.8. The molecule has 0 spiro atoms. The highest BCUT2D eigenvalue weighted by molar-refractivity contribution is 6.62. The van der Waals surface area contributed by atoms with E-state index in [4.69, 9.17) is 15.0 Å². The minimum Gasteiger partial charge on any atom is -0.481 e. The Morgan fingerprint density at radius 2 is 1.43 bits per heavy atom. The fourth-order valence-electron chi connectivity index (χ4n) is 4.99. The molecule has 2 aromatic rings. The molecular weight excluding hydrogens is 546 g/mol. The lowest BCUT2D eigenvalue weighted by Crippen LogP contribution is -2.59. The quantitative estimate of drug-likeness (QED) is 0.104. The average molecular weight is 580 g/mol. The van der Waals surface area contributed by atoms with Crippen molar-refractivity contribution in [1.29, 1.82) is 0 Å². The number of amides is 3. The van der Waals surface area contributed by atoms with Crippen molar-refractivity contribution in [2.45, 2.75) is 63.9 Å². The Labute approximate surface area is 243 Å². The van der Waals surface area contributed by atoms with E-state index in [1.54, 1.807) is 18.2 Å². The Bertz CT molecular complexity index is 1340. The second-order valence-electron chi connectivity index (χ2n) is 10.5. The Balaban J connectivity index is 1.54. The van der Waals surface area contributed by atoms with Gasteiger partial charge in [0, 0.05) is 17.2 Å². The number of fused-ring (bicyclic) bond motifs is 2. The summed E-state index contributed by atoms with van der Waals surface area (Å²) < 4.78 is 10.4. The summed E-state index contributed by atoms with van der Waals surface area (Å²) in [5.74, 6) is -2.98. The van der Waals surface area contributed by atoms with Gasteiger partial charge >= 0.3 is 20.2 Å². The summed E-state index contributed by atoms with van der Waals surface area (Å²) in [5.41, 5.74) is 8.32. The number of benzene rings is 2. The van der Waals surface area contributed by atoms with Crippen molar-refractivity contribution in [1.82, 2.24) is 16.0 Å². The summed E-state index contributed by atoms with van der Waals surface area (Å²) in [5, 5.41) is 37.5. The molecule has 8 N–H and O–H groups in total. The van der Waals surface area contributed by atoms with Crippen molar-refractivity contribution in [2.75, 3.05) is 6.54 Å². The van der Waals surface area contributed by atoms with Crippen LogP contribution in [-0.2, 0) is 32.1 Å². The number of hydrogen-bond donors (Lipinski definition) is 7. The van der Waals surface area contributed by atoms with Gasteiger partial charge in [0.15, 0.2) is 0 Å². The molecule has 2 aliphatic heterocycles. The SMILES string of the molecule is C[C@H](NC(=O)c1ccc2c(c1)B(O)OC2)[C@H](NC(=O)c1ccc2c(c1)B(O)OC2)C(=O)N[C@@H](CCCCN)CC(=O)O. The Morgan fingerprint density at radius 3 is 1.95 bits per heavy atom. The average Bonchev–Trinajstić information content (AvgIpc) is 3.52. The number of nitrogens with two attached hydrogens (primary N) is 1. The first-order valence-electron chi connectivity index (χ1n) is 13.8. The first kappa shape index (κ1) is 31.2. The molecule has 222 valence electrons. The fourth-order valence-corrected chi connectivity index (χ4v) is 4.99. The zero-order chi connectivity index (χ0) is 30.4. The molecule has 0 unspecified atom stereocenters.